The summed E-state index contributed by atoms with van der Waals surface area (Å²) in [5, 5.41) is 9.93. The molecule has 0 aliphatic heterocycles. The maximum absolute atomic E-state index is 8.92. The summed E-state index contributed by atoms with van der Waals surface area (Å²) in [4.78, 5) is 0. The number of para-hydroxylation sites is 1. The first-order valence-electron chi connectivity index (χ1n) is 4.15. The molecule has 1 aromatic heterocycles. The smallest absolute Gasteiger partial charge is 0.138 e. The van der Waals surface area contributed by atoms with Crippen molar-refractivity contribution in [3.8, 4) is 0 Å². The van der Waals surface area contributed by atoms with Gasteiger partial charge in [-0.25, -0.2) is 0 Å². The molecule has 0 spiro atoms. The number of nitrogens with two attached hydrogens (primary N) is 1. The Morgan fingerprint density at radius 1 is 1.38 bits per heavy atom. The van der Waals surface area contributed by atoms with E-state index in [4.69, 9.17) is 15.3 Å². The van der Waals surface area contributed by atoms with Crippen molar-refractivity contribution < 1.29 is 9.52 Å². The molecule has 0 amide bonds. The highest BCUT2D eigenvalue weighted by Crippen LogP contribution is 2.23. The van der Waals surface area contributed by atoms with Gasteiger partial charge in [-0.05, 0) is 6.07 Å². The third kappa shape index (κ3) is 1.32. The van der Waals surface area contributed by atoms with Gasteiger partial charge in [-0.15, -0.1) is 0 Å². The van der Waals surface area contributed by atoms with Gasteiger partial charge in [-0.1, -0.05) is 18.2 Å². The maximum Gasteiger partial charge on any atom is 0.138 e. The van der Waals surface area contributed by atoms with Crippen LogP contribution in [0, 0.1) is 0 Å². The van der Waals surface area contributed by atoms with Crippen molar-refractivity contribution in [1.29, 1.82) is 0 Å². The van der Waals surface area contributed by atoms with Gasteiger partial charge in [0.25, 0.3) is 0 Å². The summed E-state index contributed by atoms with van der Waals surface area (Å²) >= 11 is 0. The average Bonchev–Trinajstić information content (AvgIpc) is 2.63. The molecule has 3 heteroatoms. The van der Waals surface area contributed by atoms with Gasteiger partial charge in [0.05, 0.1) is 18.9 Å². The predicted octanol–water partition coefficient (Wildman–Crippen LogP) is 1.42. The summed E-state index contributed by atoms with van der Waals surface area (Å²) in [5.41, 5.74) is 7.33. The number of rotatable bonds is 2. The van der Waals surface area contributed by atoms with Crippen LogP contribution in [-0.2, 0) is 0 Å². The molecular formula is C10H11NO2. The van der Waals surface area contributed by atoms with Gasteiger partial charge in [0, 0.05) is 10.9 Å². The average molecular weight is 177 g/mol. The number of hydrogen-bond donors (Lipinski definition) is 2. The van der Waals surface area contributed by atoms with Crippen LogP contribution in [0.3, 0.4) is 0 Å². The Balaban J connectivity index is 2.60. The number of hydrogen-bond acceptors (Lipinski definition) is 3. The topological polar surface area (TPSA) is 59.4 Å². The number of aliphatic hydroxyl groups is 1. The molecule has 1 unspecified atom stereocenters. The summed E-state index contributed by atoms with van der Waals surface area (Å²) in [5.74, 6) is 0. The van der Waals surface area contributed by atoms with E-state index in [0.717, 1.165) is 16.5 Å². The lowest BCUT2D eigenvalue weighted by atomic mass is 10.1. The SMILES string of the molecule is NC(CO)c1cccc2ccoc12. The standard InChI is InChI=1S/C10H11NO2/c11-9(6-12)8-3-1-2-7-4-5-13-10(7)8/h1-5,9,12H,6,11H2. The quantitative estimate of drug-likeness (QED) is 0.729. The van der Waals surface area contributed by atoms with Gasteiger partial charge in [0.1, 0.15) is 5.58 Å². The second-order valence-corrected chi connectivity index (χ2v) is 2.98. The Kier molecular flexibility index (Phi) is 2.04. The first-order valence-corrected chi connectivity index (χ1v) is 4.15. The van der Waals surface area contributed by atoms with Gasteiger partial charge in [-0.2, -0.15) is 0 Å². The van der Waals surface area contributed by atoms with Crippen LogP contribution in [0.5, 0.6) is 0 Å². The van der Waals surface area contributed by atoms with E-state index < -0.39 is 0 Å². The Morgan fingerprint density at radius 3 is 3.00 bits per heavy atom. The molecular weight excluding hydrogens is 166 g/mol. The van der Waals surface area contributed by atoms with E-state index in [1.807, 2.05) is 24.3 Å². The minimum absolute atomic E-state index is 0.0696. The van der Waals surface area contributed by atoms with Crippen LogP contribution < -0.4 is 5.73 Å². The minimum Gasteiger partial charge on any atom is -0.464 e. The van der Waals surface area contributed by atoms with E-state index in [0.29, 0.717) is 0 Å². The van der Waals surface area contributed by atoms with E-state index in [9.17, 15) is 0 Å². The first-order chi connectivity index (χ1) is 6.33. The molecule has 68 valence electrons. The summed E-state index contributed by atoms with van der Waals surface area (Å²) in [7, 11) is 0. The zero-order valence-corrected chi connectivity index (χ0v) is 7.10. The molecule has 1 aromatic carbocycles. The molecule has 0 aliphatic rings. The fourth-order valence-corrected chi connectivity index (χ4v) is 1.41. The third-order valence-corrected chi connectivity index (χ3v) is 2.11. The molecule has 3 nitrogen and oxygen atoms in total. The summed E-state index contributed by atoms with van der Waals surface area (Å²) < 4.78 is 5.28. The van der Waals surface area contributed by atoms with Gasteiger partial charge in [0.15, 0.2) is 0 Å². The highest BCUT2D eigenvalue weighted by molar-refractivity contribution is 5.80. The van der Waals surface area contributed by atoms with Gasteiger partial charge < -0.3 is 15.3 Å². The van der Waals surface area contributed by atoms with Crippen molar-refractivity contribution in [3.63, 3.8) is 0 Å². The molecule has 2 aromatic rings. The molecule has 13 heavy (non-hydrogen) atoms. The van der Waals surface area contributed by atoms with Crippen LogP contribution in [0.4, 0.5) is 0 Å². The van der Waals surface area contributed by atoms with Gasteiger partial charge >= 0.3 is 0 Å². The molecule has 1 atom stereocenters. The summed E-state index contributed by atoms with van der Waals surface area (Å²) in [6.45, 7) is -0.0696. The van der Waals surface area contributed by atoms with Crippen molar-refractivity contribution in [2.45, 2.75) is 6.04 Å². The molecule has 3 N–H and O–H groups in total. The van der Waals surface area contributed by atoms with E-state index in [2.05, 4.69) is 0 Å². The highest BCUT2D eigenvalue weighted by Gasteiger charge is 2.10. The normalized spacial score (nSPS) is 13.4. The molecule has 1 heterocycles. The number of aliphatic hydroxyl groups excluding tert-OH is 1. The number of furan rings is 1. The lowest BCUT2D eigenvalue weighted by Crippen LogP contribution is -2.14. The van der Waals surface area contributed by atoms with E-state index >= 15 is 0 Å². The Morgan fingerprint density at radius 2 is 2.23 bits per heavy atom. The molecule has 0 aliphatic carbocycles. The molecule has 0 bridgehead atoms. The molecule has 0 saturated carbocycles. The molecule has 0 saturated heterocycles. The molecule has 2 rings (SSSR count). The lowest BCUT2D eigenvalue weighted by molar-refractivity contribution is 0.268. The van der Waals surface area contributed by atoms with Crippen LogP contribution in [0.2, 0.25) is 0 Å². The van der Waals surface area contributed by atoms with Crippen LogP contribution >= 0.6 is 0 Å². The Labute approximate surface area is 75.8 Å². The highest BCUT2D eigenvalue weighted by atomic mass is 16.3. The largest absolute Gasteiger partial charge is 0.464 e. The third-order valence-electron chi connectivity index (χ3n) is 2.11. The van der Waals surface area contributed by atoms with Crippen LogP contribution in [0.1, 0.15) is 11.6 Å². The number of benzene rings is 1. The lowest BCUT2D eigenvalue weighted by Gasteiger charge is -2.07. The zero-order valence-electron chi connectivity index (χ0n) is 7.10. The monoisotopic (exact) mass is 177 g/mol. The van der Waals surface area contributed by atoms with Gasteiger partial charge in [-0.3, -0.25) is 0 Å². The molecule has 0 radical (unpaired) electrons. The van der Waals surface area contributed by atoms with Crippen molar-refractivity contribution >= 4 is 11.0 Å². The van der Waals surface area contributed by atoms with Crippen molar-refractivity contribution in [3.05, 3.63) is 36.1 Å². The number of fused-ring (bicyclic) bond motifs is 1. The van der Waals surface area contributed by atoms with Crippen molar-refractivity contribution in [2.75, 3.05) is 6.61 Å². The van der Waals surface area contributed by atoms with E-state index in [1.54, 1.807) is 6.26 Å². The predicted molar refractivity (Wildman–Crippen MR) is 50.2 cm³/mol. The Hall–Kier alpha value is -1.32. The van der Waals surface area contributed by atoms with E-state index in [1.165, 1.54) is 0 Å². The first kappa shape index (κ1) is 8.29. The van der Waals surface area contributed by atoms with E-state index in [-0.39, 0.29) is 12.6 Å². The van der Waals surface area contributed by atoms with Crippen molar-refractivity contribution in [1.82, 2.24) is 0 Å². The van der Waals surface area contributed by atoms with Crippen molar-refractivity contribution in [2.24, 2.45) is 5.73 Å². The zero-order chi connectivity index (χ0) is 9.26. The second kappa shape index (κ2) is 3.20. The maximum atomic E-state index is 8.92. The Bertz CT molecular complexity index is 408. The summed E-state index contributed by atoms with van der Waals surface area (Å²) in [6, 6.07) is 7.24. The molecule has 0 fully saturated rings. The van der Waals surface area contributed by atoms with Crippen LogP contribution in [0.25, 0.3) is 11.0 Å². The van der Waals surface area contributed by atoms with Gasteiger partial charge in [0.2, 0.25) is 0 Å². The minimum atomic E-state index is -0.366. The van der Waals surface area contributed by atoms with Crippen LogP contribution in [-0.4, -0.2) is 11.7 Å². The van der Waals surface area contributed by atoms with Crippen LogP contribution in [0.15, 0.2) is 34.9 Å². The fraction of sp³-hybridized carbons (Fsp3) is 0.200. The fourth-order valence-electron chi connectivity index (χ4n) is 1.41. The second-order valence-electron chi connectivity index (χ2n) is 2.98. The summed E-state index contributed by atoms with van der Waals surface area (Å²) in [6.07, 6.45) is 1.62.